The number of pyridine rings is 1. The molecule has 2 aromatic rings. The van der Waals surface area contributed by atoms with Crippen LogP contribution in [0.25, 0.3) is 0 Å². The predicted molar refractivity (Wildman–Crippen MR) is 85.2 cm³/mol. The largest absolute Gasteiger partial charge is 0.310 e. The van der Waals surface area contributed by atoms with Crippen molar-refractivity contribution in [2.75, 3.05) is 6.54 Å². The van der Waals surface area contributed by atoms with E-state index >= 15 is 0 Å². The number of benzene rings is 1. The molecule has 1 aromatic carbocycles. The first-order chi connectivity index (χ1) is 9.99. The number of aryl methyl sites for hydroxylation is 2. The van der Waals surface area contributed by atoms with Gasteiger partial charge in [-0.1, -0.05) is 24.6 Å². The van der Waals surface area contributed by atoms with Crippen molar-refractivity contribution in [3.8, 4) is 0 Å². The normalized spacial score (nSPS) is 12.4. The maximum Gasteiger partial charge on any atom is 0.142 e. The maximum atomic E-state index is 13.6. The first-order valence-electron chi connectivity index (χ1n) is 7.12. The standard InChI is InChI=1S/C17H20ClFN2/c1-4-20-17(14-7-11(2)21-12(3)8-14)10-13-5-6-15(18)16(19)9-13/h5-9,17,20H,4,10H2,1-3H3. The first-order valence-corrected chi connectivity index (χ1v) is 7.50. The molecular formula is C17H20ClFN2. The van der Waals surface area contributed by atoms with E-state index in [4.69, 9.17) is 11.6 Å². The second-order valence-electron chi connectivity index (χ2n) is 5.25. The van der Waals surface area contributed by atoms with E-state index in [0.717, 1.165) is 23.5 Å². The van der Waals surface area contributed by atoms with Gasteiger partial charge in [0, 0.05) is 17.4 Å². The molecule has 0 fully saturated rings. The molecule has 1 atom stereocenters. The van der Waals surface area contributed by atoms with Crippen molar-refractivity contribution < 1.29 is 4.39 Å². The Morgan fingerprint density at radius 1 is 1.19 bits per heavy atom. The third-order valence-corrected chi connectivity index (χ3v) is 3.69. The van der Waals surface area contributed by atoms with Crippen LogP contribution in [0, 0.1) is 19.7 Å². The fraction of sp³-hybridized carbons (Fsp3) is 0.353. The lowest BCUT2D eigenvalue weighted by Crippen LogP contribution is -2.23. The summed E-state index contributed by atoms with van der Waals surface area (Å²) in [4.78, 5) is 4.40. The number of likely N-dealkylation sites (N-methyl/N-ethyl adjacent to an activating group) is 1. The van der Waals surface area contributed by atoms with Crippen molar-refractivity contribution in [2.24, 2.45) is 0 Å². The van der Waals surface area contributed by atoms with Gasteiger partial charge in [0.1, 0.15) is 5.82 Å². The molecule has 0 saturated heterocycles. The topological polar surface area (TPSA) is 24.9 Å². The summed E-state index contributed by atoms with van der Waals surface area (Å²) in [5, 5.41) is 3.61. The summed E-state index contributed by atoms with van der Waals surface area (Å²) in [6.45, 7) is 6.89. The quantitative estimate of drug-likeness (QED) is 0.886. The molecule has 1 N–H and O–H groups in total. The smallest absolute Gasteiger partial charge is 0.142 e. The summed E-state index contributed by atoms with van der Waals surface area (Å²) < 4.78 is 13.6. The zero-order valence-corrected chi connectivity index (χ0v) is 13.3. The summed E-state index contributed by atoms with van der Waals surface area (Å²) in [5.74, 6) is -0.369. The lowest BCUT2D eigenvalue weighted by atomic mass is 9.98. The van der Waals surface area contributed by atoms with Gasteiger partial charge in [-0.05, 0) is 62.2 Å². The SMILES string of the molecule is CCNC(Cc1ccc(Cl)c(F)c1)c1cc(C)nc(C)c1. The minimum Gasteiger partial charge on any atom is -0.310 e. The van der Waals surface area contributed by atoms with Gasteiger partial charge in [-0.2, -0.15) is 0 Å². The highest BCUT2D eigenvalue weighted by Gasteiger charge is 2.13. The molecule has 0 aliphatic rings. The van der Waals surface area contributed by atoms with E-state index in [1.165, 1.54) is 11.6 Å². The van der Waals surface area contributed by atoms with E-state index in [0.29, 0.717) is 6.42 Å². The number of aromatic nitrogens is 1. The molecule has 21 heavy (non-hydrogen) atoms. The van der Waals surface area contributed by atoms with Crippen molar-refractivity contribution in [1.82, 2.24) is 10.3 Å². The fourth-order valence-electron chi connectivity index (χ4n) is 2.52. The van der Waals surface area contributed by atoms with Crippen LogP contribution in [-0.4, -0.2) is 11.5 Å². The Morgan fingerprint density at radius 2 is 1.86 bits per heavy atom. The monoisotopic (exact) mass is 306 g/mol. The molecule has 1 unspecified atom stereocenters. The van der Waals surface area contributed by atoms with Crippen LogP contribution < -0.4 is 5.32 Å². The third-order valence-electron chi connectivity index (χ3n) is 3.38. The predicted octanol–water partition coefficient (Wildman–Crippen LogP) is 4.38. The van der Waals surface area contributed by atoms with Gasteiger partial charge in [0.05, 0.1) is 5.02 Å². The van der Waals surface area contributed by atoms with E-state index in [-0.39, 0.29) is 16.9 Å². The number of nitrogens with zero attached hydrogens (tertiary/aromatic N) is 1. The lowest BCUT2D eigenvalue weighted by molar-refractivity contribution is 0.545. The molecule has 0 bridgehead atoms. The van der Waals surface area contributed by atoms with Gasteiger partial charge in [0.15, 0.2) is 0 Å². The molecule has 4 heteroatoms. The van der Waals surface area contributed by atoms with Crippen molar-refractivity contribution in [3.05, 3.63) is 63.7 Å². The Hall–Kier alpha value is -1.45. The van der Waals surface area contributed by atoms with Crippen LogP contribution in [0.1, 0.15) is 35.5 Å². The van der Waals surface area contributed by atoms with Gasteiger partial charge in [-0.25, -0.2) is 4.39 Å². The molecule has 0 saturated carbocycles. The highest BCUT2D eigenvalue weighted by Crippen LogP contribution is 2.22. The van der Waals surface area contributed by atoms with Crippen LogP contribution in [0.15, 0.2) is 30.3 Å². The Balaban J connectivity index is 2.27. The molecule has 2 nitrogen and oxygen atoms in total. The van der Waals surface area contributed by atoms with E-state index in [1.54, 1.807) is 6.07 Å². The lowest BCUT2D eigenvalue weighted by Gasteiger charge is -2.19. The molecule has 1 aromatic heterocycles. The average molecular weight is 307 g/mol. The molecule has 1 heterocycles. The summed E-state index contributed by atoms with van der Waals surface area (Å²) in [6.07, 6.45) is 0.713. The first kappa shape index (κ1) is 15.9. The maximum absolute atomic E-state index is 13.6. The zero-order valence-electron chi connectivity index (χ0n) is 12.6. The summed E-state index contributed by atoms with van der Waals surface area (Å²) >= 11 is 5.74. The molecular weight excluding hydrogens is 287 g/mol. The minimum atomic E-state index is -0.369. The van der Waals surface area contributed by atoms with Crippen molar-refractivity contribution >= 4 is 11.6 Å². The van der Waals surface area contributed by atoms with Crippen LogP contribution >= 0.6 is 11.6 Å². The van der Waals surface area contributed by atoms with Crippen LogP contribution in [0.3, 0.4) is 0 Å². The van der Waals surface area contributed by atoms with Gasteiger partial charge < -0.3 is 5.32 Å². The van der Waals surface area contributed by atoms with Gasteiger partial charge in [0.25, 0.3) is 0 Å². The fourth-order valence-corrected chi connectivity index (χ4v) is 2.64. The van der Waals surface area contributed by atoms with E-state index < -0.39 is 0 Å². The van der Waals surface area contributed by atoms with Gasteiger partial charge >= 0.3 is 0 Å². The number of nitrogens with one attached hydrogen (secondary N) is 1. The summed E-state index contributed by atoms with van der Waals surface area (Å²) in [6, 6.07) is 9.28. The molecule has 0 aliphatic heterocycles. The Labute approximate surface area is 130 Å². The molecule has 0 amide bonds. The number of halogens is 2. The van der Waals surface area contributed by atoms with Crippen molar-refractivity contribution in [2.45, 2.75) is 33.2 Å². The molecule has 0 spiro atoms. The highest BCUT2D eigenvalue weighted by atomic mass is 35.5. The number of hydrogen-bond acceptors (Lipinski definition) is 2. The van der Waals surface area contributed by atoms with E-state index in [9.17, 15) is 4.39 Å². The third kappa shape index (κ3) is 4.26. The zero-order chi connectivity index (χ0) is 15.4. The Kier molecular flexibility index (Phi) is 5.32. The minimum absolute atomic E-state index is 0.135. The van der Waals surface area contributed by atoms with Crippen molar-refractivity contribution in [3.63, 3.8) is 0 Å². The van der Waals surface area contributed by atoms with Gasteiger partial charge in [-0.15, -0.1) is 0 Å². The Bertz CT molecular complexity index is 608. The number of hydrogen-bond donors (Lipinski definition) is 1. The average Bonchev–Trinajstić information content (AvgIpc) is 2.41. The van der Waals surface area contributed by atoms with Crippen molar-refractivity contribution in [1.29, 1.82) is 0 Å². The van der Waals surface area contributed by atoms with Crippen LogP contribution in [-0.2, 0) is 6.42 Å². The van der Waals surface area contributed by atoms with Crippen LogP contribution in [0.4, 0.5) is 4.39 Å². The highest BCUT2D eigenvalue weighted by molar-refractivity contribution is 6.30. The van der Waals surface area contributed by atoms with Gasteiger partial charge in [-0.3, -0.25) is 4.98 Å². The van der Waals surface area contributed by atoms with E-state index in [1.807, 2.05) is 19.9 Å². The van der Waals surface area contributed by atoms with Gasteiger partial charge in [0.2, 0.25) is 0 Å². The second kappa shape index (κ2) is 7.01. The summed E-state index contributed by atoms with van der Waals surface area (Å²) in [7, 11) is 0. The van der Waals surface area contributed by atoms with Crippen LogP contribution in [0.5, 0.6) is 0 Å². The number of rotatable bonds is 5. The molecule has 2 rings (SSSR count). The Morgan fingerprint density at radius 3 is 2.43 bits per heavy atom. The molecule has 112 valence electrons. The molecule has 0 aliphatic carbocycles. The van der Waals surface area contributed by atoms with Crippen LogP contribution in [0.2, 0.25) is 5.02 Å². The second-order valence-corrected chi connectivity index (χ2v) is 5.65. The van der Waals surface area contributed by atoms with E-state index in [2.05, 4.69) is 29.4 Å². The molecule has 0 radical (unpaired) electrons. The summed E-state index contributed by atoms with van der Waals surface area (Å²) in [5.41, 5.74) is 4.09.